The van der Waals surface area contributed by atoms with Gasteiger partial charge >= 0.3 is 0 Å². The molecule has 4 nitrogen and oxygen atoms in total. The Hall–Kier alpha value is -0.610. The number of hydrogen-bond donors (Lipinski definition) is 2. The standard InChI is InChI=1S/C15H28N2O2/c1-12-5-7-15(11-18,8-6-12)16-13(2)14(19)17-9-3-4-10-17/h12-13,16,18H,3-11H2,1-2H3. The average Bonchev–Trinajstić information content (AvgIpc) is 2.95. The Bertz CT molecular complexity index is 305. The monoisotopic (exact) mass is 268 g/mol. The largest absolute Gasteiger partial charge is 0.394 e. The highest BCUT2D eigenvalue weighted by atomic mass is 16.3. The fraction of sp³-hybridized carbons (Fsp3) is 0.933. The number of carbonyl (C=O) groups excluding carboxylic acids is 1. The molecule has 2 fully saturated rings. The second kappa shape index (κ2) is 6.23. The summed E-state index contributed by atoms with van der Waals surface area (Å²) >= 11 is 0. The number of aliphatic hydroxyl groups is 1. The lowest BCUT2D eigenvalue weighted by Gasteiger charge is -2.41. The first-order chi connectivity index (χ1) is 9.06. The predicted molar refractivity (Wildman–Crippen MR) is 75.9 cm³/mol. The zero-order valence-corrected chi connectivity index (χ0v) is 12.3. The molecule has 2 aliphatic rings. The van der Waals surface area contributed by atoms with Gasteiger partial charge in [-0.25, -0.2) is 0 Å². The summed E-state index contributed by atoms with van der Waals surface area (Å²) in [5.74, 6) is 0.940. The lowest BCUT2D eigenvalue weighted by molar-refractivity contribution is -0.132. The second-order valence-corrected chi connectivity index (χ2v) is 6.52. The van der Waals surface area contributed by atoms with Gasteiger partial charge in [0, 0.05) is 18.6 Å². The van der Waals surface area contributed by atoms with Crippen molar-refractivity contribution in [2.75, 3.05) is 19.7 Å². The zero-order chi connectivity index (χ0) is 13.9. The number of likely N-dealkylation sites (tertiary alicyclic amines) is 1. The molecule has 1 saturated carbocycles. The molecule has 1 saturated heterocycles. The van der Waals surface area contributed by atoms with E-state index in [1.54, 1.807) is 0 Å². The number of nitrogens with one attached hydrogen (secondary N) is 1. The van der Waals surface area contributed by atoms with Crippen molar-refractivity contribution < 1.29 is 9.90 Å². The van der Waals surface area contributed by atoms with Gasteiger partial charge in [0.05, 0.1) is 12.6 Å². The predicted octanol–water partition coefficient (Wildman–Crippen LogP) is 1.53. The van der Waals surface area contributed by atoms with E-state index >= 15 is 0 Å². The highest BCUT2D eigenvalue weighted by Gasteiger charge is 2.36. The third kappa shape index (κ3) is 3.48. The minimum absolute atomic E-state index is 0.136. The van der Waals surface area contributed by atoms with Crippen LogP contribution in [0.3, 0.4) is 0 Å². The molecule has 1 aliphatic carbocycles. The molecule has 0 aromatic carbocycles. The van der Waals surface area contributed by atoms with Crippen molar-refractivity contribution in [2.45, 2.75) is 64.0 Å². The van der Waals surface area contributed by atoms with Gasteiger partial charge in [-0.15, -0.1) is 0 Å². The van der Waals surface area contributed by atoms with Crippen LogP contribution in [0.15, 0.2) is 0 Å². The molecule has 0 radical (unpaired) electrons. The maximum Gasteiger partial charge on any atom is 0.239 e. The number of amides is 1. The summed E-state index contributed by atoms with van der Waals surface area (Å²) < 4.78 is 0. The highest BCUT2D eigenvalue weighted by Crippen LogP contribution is 2.32. The van der Waals surface area contributed by atoms with Crippen molar-refractivity contribution in [3.63, 3.8) is 0 Å². The molecule has 1 heterocycles. The molecular weight excluding hydrogens is 240 g/mol. The maximum atomic E-state index is 12.3. The smallest absolute Gasteiger partial charge is 0.239 e. The number of carbonyl (C=O) groups is 1. The van der Waals surface area contributed by atoms with E-state index in [9.17, 15) is 9.90 Å². The molecule has 2 rings (SSSR count). The minimum Gasteiger partial charge on any atom is -0.394 e. The lowest BCUT2D eigenvalue weighted by atomic mass is 9.77. The number of aliphatic hydroxyl groups excluding tert-OH is 1. The van der Waals surface area contributed by atoms with Gasteiger partial charge < -0.3 is 10.0 Å². The summed E-state index contributed by atoms with van der Waals surface area (Å²) in [6.07, 6.45) is 6.48. The van der Waals surface area contributed by atoms with Gasteiger partial charge in [0.25, 0.3) is 0 Å². The molecule has 0 bridgehead atoms. The Morgan fingerprint density at radius 1 is 1.37 bits per heavy atom. The van der Waals surface area contributed by atoms with Crippen molar-refractivity contribution in [3.05, 3.63) is 0 Å². The molecule has 1 atom stereocenters. The summed E-state index contributed by atoms with van der Waals surface area (Å²) in [5.41, 5.74) is -0.235. The van der Waals surface area contributed by atoms with Gasteiger partial charge in [0.15, 0.2) is 0 Å². The highest BCUT2D eigenvalue weighted by molar-refractivity contribution is 5.81. The molecule has 110 valence electrons. The van der Waals surface area contributed by atoms with Crippen LogP contribution in [0.2, 0.25) is 0 Å². The molecule has 0 spiro atoms. The van der Waals surface area contributed by atoms with Crippen LogP contribution in [0.25, 0.3) is 0 Å². The number of hydrogen-bond acceptors (Lipinski definition) is 3. The number of nitrogens with zero attached hydrogens (tertiary/aromatic N) is 1. The molecule has 1 aliphatic heterocycles. The fourth-order valence-electron chi connectivity index (χ4n) is 3.40. The first-order valence-electron chi connectivity index (χ1n) is 7.74. The SMILES string of the molecule is CC1CCC(CO)(NC(C)C(=O)N2CCCC2)CC1. The maximum absolute atomic E-state index is 12.3. The first-order valence-corrected chi connectivity index (χ1v) is 7.74. The van der Waals surface area contributed by atoms with E-state index in [1.165, 1.54) is 0 Å². The van der Waals surface area contributed by atoms with E-state index in [1.807, 2.05) is 11.8 Å². The third-order valence-electron chi connectivity index (χ3n) is 4.84. The summed E-state index contributed by atoms with van der Waals surface area (Å²) in [6.45, 7) is 6.13. The molecule has 0 aromatic heterocycles. The van der Waals surface area contributed by atoms with E-state index < -0.39 is 0 Å². The Labute approximate surface area is 116 Å². The van der Waals surface area contributed by atoms with Gasteiger partial charge in [-0.3, -0.25) is 10.1 Å². The molecule has 1 unspecified atom stereocenters. The summed E-state index contributed by atoms with van der Waals surface area (Å²) in [6, 6.07) is -0.182. The van der Waals surface area contributed by atoms with Crippen LogP contribution in [0.4, 0.5) is 0 Å². The van der Waals surface area contributed by atoms with E-state index in [-0.39, 0.29) is 24.1 Å². The minimum atomic E-state index is -0.235. The summed E-state index contributed by atoms with van der Waals surface area (Å²) in [5, 5.41) is 13.2. The third-order valence-corrected chi connectivity index (χ3v) is 4.84. The van der Waals surface area contributed by atoms with Gasteiger partial charge in [-0.05, 0) is 51.4 Å². The fourth-order valence-corrected chi connectivity index (χ4v) is 3.40. The molecular formula is C15H28N2O2. The Morgan fingerprint density at radius 2 is 1.95 bits per heavy atom. The quantitative estimate of drug-likeness (QED) is 0.813. The molecule has 0 aromatic rings. The van der Waals surface area contributed by atoms with Crippen LogP contribution in [-0.4, -0.2) is 47.2 Å². The van der Waals surface area contributed by atoms with E-state index in [4.69, 9.17) is 0 Å². The van der Waals surface area contributed by atoms with Crippen molar-refractivity contribution >= 4 is 5.91 Å². The average molecular weight is 268 g/mol. The van der Waals surface area contributed by atoms with Crippen LogP contribution in [-0.2, 0) is 4.79 Å². The van der Waals surface area contributed by atoms with Crippen molar-refractivity contribution in [2.24, 2.45) is 5.92 Å². The van der Waals surface area contributed by atoms with Crippen LogP contribution < -0.4 is 5.32 Å². The molecule has 19 heavy (non-hydrogen) atoms. The van der Waals surface area contributed by atoms with Crippen LogP contribution >= 0.6 is 0 Å². The second-order valence-electron chi connectivity index (χ2n) is 6.52. The first kappa shape index (κ1) is 14.8. The zero-order valence-electron chi connectivity index (χ0n) is 12.3. The topological polar surface area (TPSA) is 52.6 Å². The van der Waals surface area contributed by atoms with Gasteiger partial charge in [-0.2, -0.15) is 0 Å². The normalized spacial score (nSPS) is 33.4. The Kier molecular flexibility index (Phi) is 4.85. The van der Waals surface area contributed by atoms with Crippen molar-refractivity contribution in [1.29, 1.82) is 0 Å². The van der Waals surface area contributed by atoms with Crippen LogP contribution in [0, 0.1) is 5.92 Å². The Morgan fingerprint density at radius 3 is 2.47 bits per heavy atom. The van der Waals surface area contributed by atoms with Crippen LogP contribution in [0.5, 0.6) is 0 Å². The van der Waals surface area contributed by atoms with Crippen molar-refractivity contribution in [3.8, 4) is 0 Å². The van der Waals surface area contributed by atoms with Crippen LogP contribution in [0.1, 0.15) is 52.4 Å². The van der Waals surface area contributed by atoms with Crippen molar-refractivity contribution in [1.82, 2.24) is 10.2 Å². The van der Waals surface area contributed by atoms with E-state index in [0.717, 1.165) is 57.5 Å². The van der Waals surface area contributed by atoms with E-state index in [0.29, 0.717) is 0 Å². The molecule has 1 amide bonds. The van der Waals surface area contributed by atoms with Gasteiger partial charge in [-0.1, -0.05) is 6.92 Å². The summed E-state index contributed by atoms with van der Waals surface area (Å²) in [4.78, 5) is 14.3. The van der Waals surface area contributed by atoms with E-state index in [2.05, 4.69) is 12.2 Å². The molecule has 2 N–H and O–H groups in total. The number of rotatable bonds is 4. The lowest BCUT2D eigenvalue weighted by Crippen LogP contribution is -2.58. The molecule has 4 heteroatoms. The Balaban J connectivity index is 1.91. The summed E-state index contributed by atoms with van der Waals surface area (Å²) in [7, 11) is 0. The van der Waals surface area contributed by atoms with Gasteiger partial charge in [0.2, 0.25) is 5.91 Å². The van der Waals surface area contributed by atoms with Gasteiger partial charge in [0.1, 0.15) is 0 Å².